The van der Waals surface area contributed by atoms with Gasteiger partial charge in [0.15, 0.2) is 0 Å². The molecule has 0 amide bonds. The molecule has 88 valence electrons. The molecule has 2 N–H and O–H groups in total. The summed E-state index contributed by atoms with van der Waals surface area (Å²) in [7, 11) is 0. The number of carboxylic acid groups (broad SMARTS) is 1. The smallest absolute Gasteiger partial charge is 0.309 e. The predicted octanol–water partition coefficient (Wildman–Crippen LogP) is 2.43. The second-order valence-electron chi connectivity index (χ2n) is 4.64. The summed E-state index contributed by atoms with van der Waals surface area (Å²) in [6, 6.07) is 0. The van der Waals surface area contributed by atoms with E-state index in [0.717, 1.165) is 25.7 Å². The molecule has 3 unspecified atom stereocenters. The van der Waals surface area contributed by atoms with Crippen LogP contribution in [0.15, 0.2) is 0 Å². The highest BCUT2D eigenvalue weighted by Gasteiger charge is 2.46. The van der Waals surface area contributed by atoms with Crippen LogP contribution in [0.4, 0.5) is 0 Å². The number of aliphatic carboxylic acids is 1. The fourth-order valence-electron chi connectivity index (χ4n) is 3.01. The lowest BCUT2D eigenvalue weighted by atomic mass is 9.66. The Morgan fingerprint density at radius 1 is 1.47 bits per heavy atom. The van der Waals surface area contributed by atoms with Crippen LogP contribution in [0, 0.1) is 11.8 Å². The summed E-state index contributed by atoms with van der Waals surface area (Å²) in [5, 5.41) is 19.7. The van der Waals surface area contributed by atoms with Crippen LogP contribution >= 0.6 is 0 Å². The summed E-state index contributed by atoms with van der Waals surface area (Å²) in [4.78, 5) is 11.1. The van der Waals surface area contributed by atoms with Gasteiger partial charge < -0.3 is 10.2 Å². The molecule has 0 bridgehead atoms. The van der Waals surface area contributed by atoms with Crippen molar-refractivity contribution in [2.45, 2.75) is 58.0 Å². The third-order valence-corrected chi connectivity index (χ3v) is 3.89. The van der Waals surface area contributed by atoms with E-state index in [2.05, 4.69) is 0 Å². The van der Waals surface area contributed by atoms with Gasteiger partial charge in [0.2, 0.25) is 0 Å². The van der Waals surface area contributed by atoms with Gasteiger partial charge in [0.1, 0.15) is 0 Å². The third kappa shape index (κ3) is 2.33. The zero-order valence-electron chi connectivity index (χ0n) is 9.70. The van der Waals surface area contributed by atoms with E-state index in [1.165, 1.54) is 0 Å². The SMILES string of the molecule is CCC1CCCCC1(O)C(CC)C(=O)O. The van der Waals surface area contributed by atoms with Gasteiger partial charge in [-0.1, -0.05) is 33.1 Å². The van der Waals surface area contributed by atoms with Gasteiger partial charge in [0.25, 0.3) is 0 Å². The zero-order chi connectivity index (χ0) is 11.5. The molecule has 0 aromatic heterocycles. The molecular weight excluding hydrogens is 192 g/mol. The average molecular weight is 214 g/mol. The molecule has 0 aromatic rings. The van der Waals surface area contributed by atoms with E-state index in [1.807, 2.05) is 13.8 Å². The molecule has 0 radical (unpaired) electrons. The van der Waals surface area contributed by atoms with Crippen molar-refractivity contribution in [3.63, 3.8) is 0 Å². The Morgan fingerprint density at radius 3 is 2.60 bits per heavy atom. The third-order valence-electron chi connectivity index (χ3n) is 3.89. The maximum absolute atomic E-state index is 11.1. The summed E-state index contributed by atoms with van der Waals surface area (Å²) < 4.78 is 0. The zero-order valence-corrected chi connectivity index (χ0v) is 9.70. The lowest BCUT2D eigenvalue weighted by Crippen LogP contribution is -2.49. The van der Waals surface area contributed by atoms with Gasteiger partial charge in [-0.15, -0.1) is 0 Å². The minimum absolute atomic E-state index is 0.160. The van der Waals surface area contributed by atoms with Crippen LogP contribution in [0.5, 0.6) is 0 Å². The molecule has 0 aliphatic heterocycles. The Morgan fingerprint density at radius 2 is 2.13 bits per heavy atom. The van der Waals surface area contributed by atoms with Gasteiger partial charge in [0.05, 0.1) is 11.5 Å². The monoisotopic (exact) mass is 214 g/mol. The van der Waals surface area contributed by atoms with Gasteiger partial charge in [-0.25, -0.2) is 0 Å². The first-order valence-corrected chi connectivity index (χ1v) is 6.01. The standard InChI is InChI=1S/C12H22O3/c1-3-9-7-5-6-8-12(9,15)10(4-2)11(13)14/h9-10,15H,3-8H2,1-2H3,(H,13,14). The normalized spacial score (nSPS) is 33.7. The van der Waals surface area contributed by atoms with Crippen molar-refractivity contribution in [3.05, 3.63) is 0 Å². The van der Waals surface area contributed by atoms with E-state index < -0.39 is 17.5 Å². The molecule has 3 atom stereocenters. The maximum atomic E-state index is 11.1. The molecule has 0 saturated heterocycles. The molecule has 1 rings (SSSR count). The van der Waals surface area contributed by atoms with E-state index in [4.69, 9.17) is 5.11 Å². The maximum Gasteiger partial charge on any atom is 0.309 e. The molecule has 1 aliphatic rings. The quantitative estimate of drug-likeness (QED) is 0.755. The summed E-state index contributed by atoms with van der Waals surface area (Å²) in [5.41, 5.74) is -0.965. The largest absolute Gasteiger partial charge is 0.481 e. The second kappa shape index (κ2) is 4.97. The first kappa shape index (κ1) is 12.5. The van der Waals surface area contributed by atoms with Crippen molar-refractivity contribution >= 4 is 5.97 Å². The van der Waals surface area contributed by atoms with Crippen LogP contribution in [-0.2, 0) is 4.79 Å². The molecule has 3 nitrogen and oxygen atoms in total. The summed E-state index contributed by atoms with van der Waals surface area (Å²) in [5.74, 6) is -1.28. The van der Waals surface area contributed by atoms with E-state index in [-0.39, 0.29) is 5.92 Å². The molecule has 1 aliphatic carbocycles. The summed E-state index contributed by atoms with van der Waals surface area (Å²) in [6.45, 7) is 3.88. The van der Waals surface area contributed by atoms with Crippen molar-refractivity contribution in [2.75, 3.05) is 0 Å². The summed E-state index contributed by atoms with van der Waals surface area (Å²) >= 11 is 0. The van der Waals surface area contributed by atoms with Crippen LogP contribution < -0.4 is 0 Å². The number of hydrogen-bond donors (Lipinski definition) is 2. The average Bonchev–Trinajstić information content (AvgIpc) is 2.18. The Balaban J connectivity index is 2.88. The Kier molecular flexibility index (Phi) is 4.14. The van der Waals surface area contributed by atoms with Crippen LogP contribution in [-0.4, -0.2) is 21.8 Å². The van der Waals surface area contributed by atoms with Gasteiger partial charge in [-0.3, -0.25) is 4.79 Å². The number of aliphatic hydroxyl groups is 1. The first-order valence-electron chi connectivity index (χ1n) is 6.01. The van der Waals surface area contributed by atoms with Crippen molar-refractivity contribution in [1.82, 2.24) is 0 Å². The fraction of sp³-hybridized carbons (Fsp3) is 0.917. The van der Waals surface area contributed by atoms with Crippen LogP contribution in [0.3, 0.4) is 0 Å². The molecule has 15 heavy (non-hydrogen) atoms. The predicted molar refractivity (Wildman–Crippen MR) is 58.6 cm³/mol. The van der Waals surface area contributed by atoms with Crippen molar-refractivity contribution in [2.24, 2.45) is 11.8 Å². The van der Waals surface area contributed by atoms with Gasteiger partial charge in [0, 0.05) is 0 Å². The lowest BCUT2D eigenvalue weighted by Gasteiger charge is -2.43. The molecular formula is C12H22O3. The Labute approximate surface area is 91.5 Å². The van der Waals surface area contributed by atoms with Crippen molar-refractivity contribution in [3.8, 4) is 0 Å². The van der Waals surface area contributed by atoms with Crippen molar-refractivity contribution in [1.29, 1.82) is 0 Å². The molecule has 0 heterocycles. The van der Waals surface area contributed by atoms with E-state index in [0.29, 0.717) is 12.8 Å². The van der Waals surface area contributed by atoms with Gasteiger partial charge in [-0.05, 0) is 25.2 Å². The van der Waals surface area contributed by atoms with E-state index in [1.54, 1.807) is 0 Å². The topological polar surface area (TPSA) is 57.5 Å². The van der Waals surface area contributed by atoms with Crippen LogP contribution in [0.25, 0.3) is 0 Å². The molecule has 0 spiro atoms. The Bertz CT molecular complexity index is 227. The van der Waals surface area contributed by atoms with E-state index >= 15 is 0 Å². The molecule has 0 aromatic carbocycles. The number of carbonyl (C=O) groups is 1. The first-order chi connectivity index (χ1) is 7.06. The minimum atomic E-state index is -0.965. The van der Waals surface area contributed by atoms with Crippen molar-refractivity contribution < 1.29 is 15.0 Å². The van der Waals surface area contributed by atoms with Gasteiger partial charge >= 0.3 is 5.97 Å². The highest BCUT2D eigenvalue weighted by molar-refractivity contribution is 5.71. The lowest BCUT2D eigenvalue weighted by molar-refractivity contribution is -0.162. The summed E-state index contributed by atoms with van der Waals surface area (Å²) in [6.07, 6.45) is 5.09. The van der Waals surface area contributed by atoms with Crippen LogP contribution in [0.2, 0.25) is 0 Å². The number of carboxylic acids is 1. The Hall–Kier alpha value is -0.570. The van der Waals surface area contributed by atoms with E-state index in [9.17, 15) is 9.90 Å². The second-order valence-corrected chi connectivity index (χ2v) is 4.64. The van der Waals surface area contributed by atoms with Gasteiger partial charge in [-0.2, -0.15) is 0 Å². The number of hydrogen-bond acceptors (Lipinski definition) is 2. The minimum Gasteiger partial charge on any atom is -0.481 e. The molecule has 3 heteroatoms. The fourth-order valence-corrected chi connectivity index (χ4v) is 3.01. The number of rotatable bonds is 4. The highest BCUT2D eigenvalue weighted by atomic mass is 16.4. The van der Waals surface area contributed by atoms with Crippen LogP contribution in [0.1, 0.15) is 52.4 Å². The highest BCUT2D eigenvalue weighted by Crippen LogP contribution is 2.42. The molecule has 1 fully saturated rings. The molecule has 1 saturated carbocycles.